The fourth-order valence-electron chi connectivity index (χ4n) is 3.17. The SMILES string of the molecule is O=C(Nc1ccc(Br)cc1)C1CCC(C(=O)Nc2ccc(Br)cc2)CC1. The van der Waals surface area contributed by atoms with Crippen LogP contribution in [0.1, 0.15) is 25.7 Å². The molecule has 0 bridgehead atoms. The number of benzene rings is 2. The molecule has 0 radical (unpaired) electrons. The number of amides is 2. The van der Waals surface area contributed by atoms with E-state index in [2.05, 4.69) is 42.5 Å². The van der Waals surface area contributed by atoms with Crippen LogP contribution in [0.15, 0.2) is 57.5 Å². The number of hydrogen-bond donors (Lipinski definition) is 2. The lowest BCUT2D eigenvalue weighted by Gasteiger charge is -2.27. The van der Waals surface area contributed by atoms with E-state index in [1.165, 1.54) is 0 Å². The Bertz CT molecular complexity index is 700. The largest absolute Gasteiger partial charge is 0.326 e. The van der Waals surface area contributed by atoms with E-state index in [0.717, 1.165) is 46.0 Å². The molecular weight excluding hydrogens is 460 g/mol. The predicted octanol–water partition coefficient (Wildman–Crippen LogP) is 5.60. The molecule has 0 saturated heterocycles. The highest BCUT2D eigenvalue weighted by molar-refractivity contribution is 9.10. The van der Waals surface area contributed by atoms with Crippen molar-refractivity contribution in [3.63, 3.8) is 0 Å². The van der Waals surface area contributed by atoms with Crippen molar-refractivity contribution in [1.29, 1.82) is 0 Å². The molecule has 1 aliphatic rings. The Labute approximate surface area is 170 Å². The lowest BCUT2D eigenvalue weighted by atomic mass is 9.81. The zero-order valence-electron chi connectivity index (χ0n) is 14.2. The highest BCUT2D eigenvalue weighted by Crippen LogP contribution is 2.31. The van der Waals surface area contributed by atoms with Gasteiger partial charge in [0.2, 0.25) is 11.8 Å². The summed E-state index contributed by atoms with van der Waals surface area (Å²) in [5.74, 6) is 0.0175. The minimum absolute atomic E-state index is 0.0321. The average Bonchev–Trinajstić information content (AvgIpc) is 2.65. The van der Waals surface area contributed by atoms with Crippen molar-refractivity contribution in [2.75, 3.05) is 10.6 Å². The predicted molar refractivity (Wildman–Crippen MR) is 111 cm³/mol. The van der Waals surface area contributed by atoms with Crippen molar-refractivity contribution in [1.82, 2.24) is 0 Å². The molecule has 26 heavy (non-hydrogen) atoms. The summed E-state index contributed by atoms with van der Waals surface area (Å²) in [6.45, 7) is 0. The first kappa shape index (κ1) is 19.1. The van der Waals surface area contributed by atoms with Crippen LogP contribution in [0.25, 0.3) is 0 Å². The second-order valence-corrected chi connectivity index (χ2v) is 8.37. The molecule has 1 saturated carbocycles. The molecule has 0 unspecified atom stereocenters. The van der Waals surface area contributed by atoms with Crippen molar-refractivity contribution in [2.24, 2.45) is 11.8 Å². The molecule has 2 aromatic carbocycles. The van der Waals surface area contributed by atoms with Crippen molar-refractivity contribution in [3.05, 3.63) is 57.5 Å². The number of carbonyl (C=O) groups is 2. The van der Waals surface area contributed by atoms with Crippen LogP contribution in [-0.2, 0) is 9.59 Å². The zero-order valence-corrected chi connectivity index (χ0v) is 17.3. The number of hydrogen-bond acceptors (Lipinski definition) is 2. The Kier molecular flexibility index (Phi) is 6.48. The van der Waals surface area contributed by atoms with Gasteiger partial charge in [0.05, 0.1) is 0 Å². The Hall–Kier alpha value is -1.66. The molecule has 1 aliphatic carbocycles. The van der Waals surface area contributed by atoms with Gasteiger partial charge in [-0.25, -0.2) is 0 Å². The molecule has 2 amide bonds. The maximum atomic E-state index is 12.4. The van der Waals surface area contributed by atoms with E-state index >= 15 is 0 Å². The van der Waals surface area contributed by atoms with Crippen molar-refractivity contribution in [2.45, 2.75) is 25.7 Å². The van der Waals surface area contributed by atoms with Gasteiger partial charge in [-0.2, -0.15) is 0 Å². The van der Waals surface area contributed by atoms with E-state index < -0.39 is 0 Å². The first-order valence-electron chi connectivity index (χ1n) is 8.64. The highest BCUT2D eigenvalue weighted by atomic mass is 79.9. The molecule has 136 valence electrons. The van der Waals surface area contributed by atoms with Gasteiger partial charge in [0.15, 0.2) is 0 Å². The van der Waals surface area contributed by atoms with Crippen molar-refractivity contribution < 1.29 is 9.59 Å². The molecule has 3 rings (SSSR count). The summed E-state index contributed by atoms with van der Waals surface area (Å²) in [5, 5.41) is 5.93. The van der Waals surface area contributed by atoms with E-state index in [-0.39, 0.29) is 23.7 Å². The van der Waals surface area contributed by atoms with E-state index in [4.69, 9.17) is 0 Å². The summed E-state index contributed by atoms with van der Waals surface area (Å²) >= 11 is 6.77. The first-order valence-corrected chi connectivity index (χ1v) is 10.2. The highest BCUT2D eigenvalue weighted by Gasteiger charge is 2.30. The number of nitrogens with one attached hydrogen (secondary N) is 2. The second kappa shape index (κ2) is 8.82. The topological polar surface area (TPSA) is 58.2 Å². The van der Waals surface area contributed by atoms with Gasteiger partial charge < -0.3 is 10.6 Å². The minimum atomic E-state index is -0.0321. The molecule has 0 atom stereocenters. The van der Waals surface area contributed by atoms with Crippen molar-refractivity contribution >= 4 is 55.0 Å². The van der Waals surface area contributed by atoms with Gasteiger partial charge in [0, 0.05) is 32.2 Å². The zero-order chi connectivity index (χ0) is 18.5. The fourth-order valence-corrected chi connectivity index (χ4v) is 3.70. The van der Waals surface area contributed by atoms with Gasteiger partial charge in [-0.15, -0.1) is 0 Å². The fraction of sp³-hybridized carbons (Fsp3) is 0.300. The minimum Gasteiger partial charge on any atom is -0.326 e. The first-order chi connectivity index (χ1) is 12.5. The van der Waals surface area contributed by atoms with Crippen molar-refractivity contribution in [3.8, 4) is 0 Å². The second-order valence-electron chi connectivity index (χ2n) is 6.54. The molecule has 6 heteroatoms. The summed E-state index contributed by atoms with van der Waals surface area (Å²) in [5.41, 5.74) is 1.60. The van der Waals surface area contributed by atoms with Gasteiger partial charge >= 0.3 is 0 Å². The standard InChI is InChI=1S/C20H20Br2N2O2/c21-15-5-9-17(10-6-15)23-19(25)13-1-2-14(4-3-13)20(26)24-18-11-7-16(22)8-12-18/h5-14H,1-4H2,(H,23,25)(H,24,26). The van der Waals surface area contributed by atoms with Crippen LogP contribution in [0.5, 0.6) is 0 Å². The van der Waals surface area contributed by atoms with Crippen LogP contribution < -0.4 is 10.6 Å². The number of halogens is 2. The maximum absolute atomic E-state index is 12.4. The molecule has 0 aliphatic heterocycles. The lowest BCUT2D eigenvalue weighted by molar-refractivity contribution is -0.125. The van der Waals surface area contributed by atoms with Gasteiger partial charge in [0.1, 0.15) is 0 Å². The maximum Gasteiger partial charge on any atom is 0.227 e. The molecule has 0 heterocycles. The van der Waals surface area contributed by atoms with Gasteiger partial charge in [0.25, 0.3) is 0 Å². The molecule has 1 fully saturated rings. The van der Waals surface area contributed by atoms with Gasteiger partial charge in [-0.1, -0.05) is 31.9 Å². The summed E-state index contributed by atoms with van der Waals surface area (Å²) in [4.78, 5) is 24.8. The monoisotopic (exact) mass is 478 g/mol. The molecule has 2 N–H and O–H groups in total. The number of rotatable bonds is 4. The third kappa shape index (κ3) is 5.17. The van der Waals surface area contributed by atoms with Gasteiger partial charge in [-0.3, -0.25) is 9.59 Å². The molecular formula is C20H20Br2N2O2. The third-order valence-electron chi connectivity index (χ3n) is 4.69. The van der Waals surface area contributed by atoms with E-state index in [0.29, 0.717) is 0 Å². The van der Waals surface area contributed by atoms with E-state index in [1.54, 1.807) is 0 Å². The Morgan fingerprint density at radius 1 is 0.654 bits per heavy atom. The number of carbonyl (C=O) groups excluding carboxylic acids is 2. The van der Waals surface area contributed by atoms with E-state index in [1.807, 2.05) is 48.5 Å². The smallest absolute Gasteiger partial charge is 0.227 e. The number of anilines is 2. The van der Waals surface area contributed by atoms with Crippen LogP contribution in [0, 0.1) is 11.8 Å². The van der Waals surface area contributed by atoms with Crippen LogP contribution in [0.3, 0.4) is 0 Å². The Balaban J connectivity index is 1.48. The van der Waals surface area contributed by atoms with Gasteiger partial charge in [-0.05, 0) is 74.2 Å². The summed E-state index contributed by atoms with van der Waals surface area (Å²) < 4.78 is 1.96. The van der Waals surface area contributed by atoms with E-state index in [9.17, 15) is 9.59 Å². The molecule has 4 nitrogen and oxygen atoms in total. The summed E-state index contributed by atoms with van der Waals surface area (Å²) in [6, 6.07) is 15.1. The molecule has 0 aromatic heterocycles. The Morgan fingerprint density at radius 3 is 1.27 bits per heavy atom. The summed E-state index contributed by atoms with van der Waals surface area (Å²) in [6.07, 6.45) is 2.95. The van der Waals surface area contributed by atoms with Crippen LogP contribution in [0.2, 0.25) is 0 Å². The normalized spacial score (nSPS) is 19.6. The molecule has 2 aromatic rings. The summed E-state index contributed by atoms with van der Waals surface area (Å²) in [7, 11) is 0. The lowest BCUT2D eigenvalue weighted by Crippen LogP contribution is -2.32. The van der Waals surface area contributed by atoms with Crippen LogP contribution in [0.4, 0.5) is 11.4 Å². The quantitative estimate of drug-likeness (QED) is 0.599. The Morgan fingerprint density at radius 2 is 0.962 bits per heavy atom. The van der Waals surface area contributed by atoms with Crippen LogP contribution in [-0.4, -0.2) is 11.8 Å². The molecule has 0 spiro atoms. The van der Waals surface area contributed by atoms with Crippen LogP contribution >= 0.6 is 31.9 Å². The average molecular weight is 480 g/mol. The third-order valence-corrected chi connectivity index (χ3v) is 5.75.